The molecule has 0 spiro atoms. The first kappa shape index (κ1) is 16.3. The summed E-state index contributed by atoms with van der Waals surface area (Å²) in [7, 11) is 0. The third-order valence-electron chi connectivity index (χ3n) is 4.77. The van der Waals surface area contributed by atoms with Crippen LogP contribution in [0.4, 0.5) is 11.5 Å². The number of benzene rings is 2. The fourth-order valence-corrected chi connectivity index (χ4v) is 3.29. The van der Waals surface area contributed by atoms with Crippen molar-refractivity contribution in [2.75, 3.05) is 10.2 Å². The van der Waals surface area contributed by atoms with E-state index in [4.69, 9.17) is 0 Å². The van der Waals surface area contributed by atoms with Crippen LogP contribution in [0.5, 0.6) is 0 Å². The van der Waals surface area contributed by atoms with Crippen LogP contribution in [0.3, 0.4) is 0 Å². The van der Waals surface area contributed by atoms with Gasteiger partial charge in [0.1, 0.15) is 12.0 Å². The lowest BCUT2D eigenvalue weighted by atomic mass is 10.1. The molecule has 26 heavy (non-hydrogen) atoms. The Morgan fingerprint density at radius 2 is 1.81 bits per heavy atom. The van der Waals surface area contributed by atoms with Gasteiger partial charge in [-0.2, -0.15) is 0 Å². The Bertz CT molecular complexity index is 932. The summed E-state index contributed by atoms with van der Waals surface area (Å²) in [6, 6.07) is 20.0. The van der Waals surface area contributed by atoms with E-state index in [-0.39, 0.29) is 12.1 Å². The highest BCUT2D eigenvalue weighted by Crippen LogP contribution is 2.37. The minimum Gasteiger partial charge on any atom is -0.361 e. The summed E-state index contributed by atoms with van der Waals surface area (Å²) >= 11 is 0. The molecule has 0 aliphatic carbocycles. The molecule has 4 heteroatoms. The lowest BCUT2D eigenvalue weighted by molar-refractivity contribution is 0.0992. The zero-order chi connectivity index (χ0) is 18.1. The van der Waals surface area contributed by atoms with Gasteiger partial charge in [-0.05, 0) is 48.7 Å². The normalized spacial score (nSPS) is 15.8. The second-order valence-electron chi connectivity index (χ2n) is 6.55. The summed E-state index contributed by atoms with van der Waals surface area (Å²) in [5.74, 6) is 0.624. The highest BCUT2D eigenvalue weighted by Gasteiger charge is 2.38. The molecule has 3 aromatic rings. The summed E-state index contributed by atoms with van der Waals surface area (Å²) in [4.78, 5) is 19.2. The summed E-state index contributed by atoms with van der Waals surface area (Å²) in [5.41, 5.74) is 5.03. The van der Waals surface area contributed by atoms with Crippen molar-refractivity contribution >= 4 is 17.4 Å². The van der Waals surface area contributed by atoms with Crippen molar-refractivity contribution < 1.29 is 4.79 Å². The van der Waals surface area contributed by atoms with Crippen LogP contribution in [0.2, 0.25) is 0 Å². The molecule has 0 saturated carbocycles. The van der Waals surface area contributed by atoms with Crippen molar-refractivity contribution in [3.8, 4) is 0 Å². The summed E-state index contributed by atoms with van der Waals surface area (Å²) in [6.07, 6.45) is 2.52. The maximum Gasteiger partial charge on any atom is 0.261 e. The van der Waals surface area contributed by atoms with Gasteiger partial charge in [0.25, 0.3) is 5.91 Å². The highest BCUT2D eigenvalue weighted by molar-refractivity contribution is 6.11. The van der Waals surface area contributed by atoms with Crippen molar-refractivity contribution in [3.63, 3.8) is 0 Å². The van der Waals surface area contributed by atoms with Crippen LogP contribution < -0.4 is 10.2 Å². The first-order valence-electron chi connectivity index (χ1n) is 8.88. The van der Waals surface area contributed by atoms with E-state index >= 15 is 0 Å². The molecule has 1 aromatic heterocycles. The summed E-state index contributed by atoms with van der Waals surface area (Å²) in [5, 5.41) is 3.51. The van der Waals surface area contributed by atoms with E-state index in [0.29, 0.717) is 5.82 Å². The first-order valence-corrected chi connectivity index (χ1v) is 8.88. The minimum absolute atomic E-state index is 0.0281. The first-order chi connectivity index (χ1) is 12.7. The molecule has 0 bridgehead atoms. The number of nitrogens with one attached hydrogen (secondary N) is 1. The molecule has 1 aliphatic rings. The number of aromatic nitrogens is 1. The largest absolute Gasteiger partial charge is 0.361 e. The maximum absolute atomic E-state index is 13.0. The van der Waals surface area contributed by atoms with Crippen LogP contribution in [-0.4, -0.2) is 10.9 Å². The Kier molecular flexibility index (Phi) is 4.17. The van der Waals surface area contributed by atoms with E-state index in [2.05, 4.69) is 41.5 Å². The predicted octanol–water partition coefficient (Wildman–Crippen LogP) is 4.72. The van der Waals surface area contributed by atoms with Crippen LogP contribution >= 0.6 is 0 Å². The molecule has 4 nitrogen and oxygen atoms in total. The van der Waals surface area contributed by atoms with Gasteiger partial charge in [0.15, 0.2) is 0 Å². The summed E-state index contributed by atoms with van der Waals surface area (Å²) in [6.45, 7) is 4.13. The Morgan fingerprint density at radius 3 is 2.50 bits per heavy atom. The molecule has 4 rings (SSSR count). The number of carbonyl (C=O) groups is 1. The second-order valence-corrected chi connectivity index (χ2v) is 6.55. The number of aryl methyl sites for hydroxylation is 2. The topological polar surface area (TPSA) is 45.2 Å². The molecular weight excluding hydrogens is 322 g/mol. The van der Waals surface area contributed by atoms with E-state index in [1.54, 1.807) is 11.1 Å². The summed E-state index contributed by atoms with van der Waals surface area (Å²) < 4.78 is 0. The van der Waals surface area contributed by atoms with Crippen molar-refractivity contribution in [2.24, 2.45) is 0 Å². The van der Waals surface area contributed by atoms with E-state index in [9.17, 15) is 4.79 Å². The van der Waals surface area contributed by atoms with Crippen molar-refractivity contribution in [3.05, 3.63) is 89.1 Å². The van der Waals surface area contributed by atoms with E-state index in [0.717, 1.165) is 28.8 Å². The minimum atomic E-state index is -0.276. The van der Waals surface area contributed by atoms with E-state index < -0.39 is 0 Å². The van der Waals surface area contributed by atoms with Gasteiger partial charge in [-0.1, -0.05) is 43.3 Å². The molecule has 0 fully saturated rings. The van der Waals surface area contributed by atoms with Gasteiger partial charge in [-0.3, -0.25) is 9.69 Å². The molecule has 1 atom stereocenters. The van der Waals surface area contributed by atoms with E-state index in [1.165, 1.54) is 5.56 Å². The molecule has 130 valence electrons. The molecule has 0 radical (unpaired) electrons. The van der Waals surface area contributed by atoms with Crippen LogP contribution in [0.15, 0.2) is 66.9 Å². The number of fused-ring (bicyclic) bond motifs is 1. The second kappa shape index (κ2) is 6.64. The van der Waals surface area contributed by atoms with Gasteiger partial charge in [0.05, 0.1) is 0 Å². The number of amides is 1. The highest BCUT2D eigenvalue weighted by atomic mass is 16.2. The Morgan fingerprint density at radius 1 is 1.04 bits per heavy atom. The number of anilines is 2. The van der Waals surface area contributed by atoms with Gasteiger partial charge < -0.3 is 5.32 Å². The van der Waals surface area contributed by atoms with Crippen molar-refractivity contribution in [2.45, 2.75) is 26.4 Å². The van der Waals surface area contributed by atoms with Crippen LogP contribution in [0.1, 0.15) is 40.1 Å². The monoisotopic (exact) mass is 343 g/mol. The van der Waals surface area contributed by atoms with Gasteiger partial charge in [0.2, 0.25) is 0 Å². The van der Waals surface area contributed by atoms with Gasteiger partial charge >= 0.3 is 0 Å². The fourth-order valence-electron chi connectivity index (χ4n) is 3.29. The zero-order valence-corrected chi connectivity index (χ0v) is 14.9. The average Bonchev–Trinajstić information content (AvgIpc) is 2.95. The molecule has 1 unspecified atom stereocenters. The third-order valence-corrected chi connectivity index (χ3v) is 4.77. The van der Waals surface area contributed by atoms with Crippen LogP contribution in [0, 0.1) is 6.92 Å². The van der Waals surface area contributed by atoms with E-state index in [1.807, 2.05) is 43.3 Å². The van der Waals surface area contributed by atoms with Crippen LogP contribution in [0.25, 0.3) is 0 Å². The van der Waals surface area contributed by atoms with Crippen molar-refractivity contribution in [1.82, 2.24) is 4.98 Å². The lowest BCUT2D eigenvalue weighted by Gasteiger charge is -2.26. The van der Waals surface area contributed by atoms with Crippen LogP contribution in [-0.2, 0) is 6.42 Å². The number of hydrogen-bond donors (Lipinski definition) is 1. The fraction of sp³-hybridized carbons (Fsp3) is 0.182. The number of rotatable bonds is 4. The Labute approximate surface area is 153 Å². The number of hydrogen-bond acceptors (Lipinski definition) is 3. The quantitative estimate of drug-likeness (QED) is 0.745. The molecule has 0 saturated heterocycles. The zero-order valence-electron chi connectivity index (χ0n) is 14.9. The molecular formula is C22H21N3O. The molecule has 1 aliphatic heterocycles. The standard InChI is InChI=1S/C22H21N3O/c1-3-16-9-11-17(12-10-16)24-21-18-6-4-5-7-19(18)22(26)25(21)20-13-8-15(2)14-23-20/h4-14,21,24H,3H2,1-2H3. The molecule has 2 heterocycles. The lowest BCUT2D eigenvalue weighted by Crippen LogP contribution is -2.32. The molecule has 1 amide bonds. The van der Waals surface area contributed by atoms with Gasteiger partial charge in [-0.25, -0.2) is 4.98 Å². The predicted molar refractivity (Wildman–Crippen MR) is 104 cm³/mol. The third kappa shape index (κ3) is 2.84. The number of nitrogens with zero attached hydrogens (tertiary/aromatic N) is 2. The Hall–Kier alpha value is -3.14. The number of pyridine rings is 1. The van der Waals surface area contributed by atoms with Gasteiger partial charge in [0, 0.05) is 23.0 Å². The number of carbonyl (C=O) groups excluding carboxylic acids is 1. The Balaban J connectivity index is 1.74. The van der Waals surface area contributed by atoms with Gasteiger partial charge in [-0.15, -0.1) is 0 Å². The molecule has 2 aromatic carbocycles. The average molecular weight is 343 g/mol. The SMILES string of the molecule is CCc1ccc(NC2c3ccccc3C(=O)N2c2ccc(C)cn2)cc1. The smallest absolute Gasteiger partial charge is 0.261 e. The van der Waals surface area contributed by atoms with Crippen molar-refractivity contribution in [1.29, 1.82) is 0 Å². The maximum atomic E-state index is 13.0. The molecule has 1 N–H and O–H groups in total.